The van der Waals surface area contributed by atoms with Gasteiger partial charge >= 0.3 is 0 Å². The van der Waals surface area contributed by atoms with Crippen LogP contribution >= 0.6 is 11.8 Å². The minimum absolute atomic E-state index is 0.0373. The van der Waals surface area contributed by atoms with Gasteiger partial charge in [0.1, 0.15) is 0 Å². The van der Waals surface area contributed by atoms with E-state index in [2.05, 4.69) is 32.0 Å². The molecule has 4 heteroatoms. The number of aryl methyl sites for hydroxylation is 2. The van der Waals surface area contributed by atoms with E-state index >= 15 is 0 Å². The predicted molar refractivity (Wildman–Crippen MR) is 88.9 cm³/mol. The zero-order chi connectivity index (χ0) is 15.6. The first-order valence-electron chi connectivity index (χ1n) is 6.75. The van der Waals surface area contributed by atoms with Crippen molar-refractivity contribution < 1.29 is 4.79 Å². The molecule has 0 aliphatic heterocycles. The molecule has 0 radical (unpaired) electrons. The minimum atomic E-state index is -0.0373. The second-order valence-corrected chi connectivity index (χ2v) is 6.41. The molecule has 0 aliphatic rings. The first-order valence-corrected chi connectivity index (χ1v) is 7.56. The summed E-state index contributed by atoms with van der Waals surface area (Å²) in [6, 6.07) is 11.8. The molecule has 2 rings (SSSR count). The normalized spacial score (nSPS) is 10.5. The van der Waals surface area contributed by atoms with Crippen LogP contribution in [0, 0.1) is 13.8 Å². The SMILES string of the molecule is Cc1ccc(Sc2ccc(C(=O)N(C)C)cc2N)c(C)c1. The summed E-state index contributed by atoms with van der Waals surface area (Å²) in [7, 11) is 3.47. The third-order valence-corrected chi connectivity index (χ3v) is 4.48. The van der Waals surface area contributed by atoms with Gasteiger partial charge in [0.15, 0.2) is 0 Å². The molecule has 2 aromatic rings. The maximum atomic E-state index is 11.9. The summed E-state index contributed by atoms with van der Waals surface area (Å²) in [4.78, 5) is 15.6. The predicted octanol–water partition coefficient (Wildman–Crippen LogP) is 3.74. The Hall–Kier alpha value is -1.94. The third kappa shape index (κ3) is 3.58. The molecule has 0 fully saturated rings. The van der Waals surface area contributed by atoms with Crippen LogP contribution in [-0.2, 0) is 0 Å². The number of amides is 1. The summed E-state index contributed by atoms with van der Waals surface area (Å²) in [5.41, 5.74) is 9.82. The van der Waals surface area contributed by atoms with Crippen molar-refractivity contribution in [1.82, 2.24) is 4.90 Å². The quantitative estimate of drug-likeness (QED) is 0.878. The van der Waals surface area contributed by atoms with E-state index in [0.29, 0.717) is 11.3 Å². The maximum absolute atomic E-state index is 11.9. The van der Waals surface area contributed by atoms with E-state index in [1.807, 2.05) is 12.1 Å². The van der Waals surface area contributed by atoms with Crippen molar-refractivity contribution in [3.05, 3.63) is 53.1 Å². The summed E-state index contributed by atoms with van der Waals surface area (Å²) in [5.74, 6) is -0.0373. The molecule has 0 spiro atoms. The lowest BCUT2D eigenvalue weighted by molar-refractivity contribution is 0.0827. The number of anilines is 1. The van der Waals surface area contributed by atoms with Gasteiger partial charge in [-0.1, -0.05) is 29.5 Å². The Bertz CT molecular complexity index is 680. The van der Waals surface area contributed by atoms with Crippen LogP contribution in [-0.4, -0.2) is 24.9 Å². The number of nitrogen functional groups attached to an aromatic ring is 1. The van der Waals surface area contributed by atoms with Gasteiger partial charge in [-0.15, -0.1) is 0 Å². The Morgan fingerprint density at radius 3 is 2.29 bits per heavy atom. The largest absolute Gasteiger partial charge is 0.398 e. The molecule has 0 saturated heterocycles. The molecule has 0 aliphatic carbocycles. The first-order chi connectivity index (χ1) is 9.88. The van der Waals surface area contributed by atoms with Crippen LogP contribution in [0.1, 0.15) is 21.5 Å². The Morgan fingerprint density at radius 2 is 1.71 bits per heavy atom. The van der Waals surface area contributed by atoms with E-state index in [-0.39, 0.29) is 5.91 Å². The van der Waals surface area contributed by atoms with E-state index in [1.165, 1.54) is 16.0 Å². The van der Waals surface area contributed by atoms with Crippen LogP contribution in [0.3, 0.4) is 0 Å². The Balaban J connectivity index is 2.27. The Morgan fingerprint density at radius 1 is 1.05 bits per heavy atom. The number of hydrogen-bond donors (Lipinski definition) is 1. The van der Waals surface area contributed by atoms with E-state index in [4.69, 9.17) is 5.73 Å². The van der Waals surface area contributed by atoms with Crippen molar-refractivity contribution in [3.63, 3.8) is 0 Å². The number of rotatable bonds is 3. The average Bonchev–Trinajstić information content (AvgIpc) is 2.42. The fourth-order valence-electron chi connectivity index (χ4n) is 2.06. The zero-order valence-electron chi connectivity index (χ0n) is 12.8. The third-order valence-electron chi connectivity index (χ3n) is 3.21. The Labute approximate surface area is 130 Å². The zero-order valence-corrected chi connectivity index (χ0v) is 13.6. The van der Waals surface area contributed by atoms with Crippen molar-refractivity contribution in [2.75, 3.05) is 19.8 Å². The molecular formula is C17H20N2OS. The van der Waals surface area contributed by atoms with E-state index in [1.54, 1.807) is 36.8 Å². The molecule has 0 bridgehead atoms. The fraction of sp³-hybridized carbons (Fsp3) is 0.235. The Kier molecular flexibility index (Phi) is 4.58. The van der Waals surface area contributed by atoms with Crippen molar-refractivity contribution in [2.24, 2.45) is 0 Å². The molecule has 110 valence electrons. The van der Waals surface area contributed by atoms with Crippen molar-refractivity contribution >= 4 is 23.4 Å². The molecule has 0 heterocycles. The number of hydrogen-bond acceptors (Lipinski definition) is 3. The molecule has 1 amide bonds. The monoisotopic (exact) mass is 300 g/mol. The van der Waals surface area contributed by atoms with Crippen LogP contribution in [0.15, 0.2) is 46.2 Å². The standard InChI is InChI=1S/C17H20N2OS/c1-11-5-7-15(12(2)9-11)21-16-8-6-13(10-14(16)18)17(20)19(3)4/h5-10H,18H2,1-4H3. The van der Waals surface area contributed by atoms with Crippen molar-refractivity contribution in [2.45, 2.75) is 23.6 Å². The van der Waals surface area contributed by atoms with Gasteiger partial charge in [-0.05, 0) is 43.7 Å². The lowest BCUT2D eigenvalue weighted by atomic mass is 10.2. The van der Waals surface area contributed by atoms with Crippen LogP contribution in [0.25, 0.3) is 0 Å². The maximum Gasteiger partial charge on any atom is 0.253 e. The van der Waals surface area contributed by atoms with Crippen molar-refractivity contribution in [3.8, 4) is 0 Å². The fourth-order valence-corrected chi connectivity index (χ4v) is 2.97. The van der Waals surface area contributed by atoms with Gasteiger partial charge < -0.3 is 10.6 Å². The van der Waals surface area contributed by atoms with Gasteiger partial charge in [0.2, 0.25) is 0 Å². The van der Waals surface area contributed by atoms with Gasteiger partial charge in [-0.25, -0.2) is 0 Å². The number of nitrogens with two attached hydrogens (primary N) is 1. The van der Waals surface area contributed by atoms with Crippen LogP contribution in [0.2, 0.25) is 0 Å². The lowest BCUT2D eigenvalue weighted by Gasteiger charge is -2.13. The summed E-state index contributed by atoms with van der Waals surface area (Å²) < 4.78 is 0. The number of nitrogens with zero attached hydrogens (tertiary/aromatic N) is 1. The summed E-state index contributed by atoms with van der Waals surface area (Å²) in [5, 5.41) is 0. The number of benzene rings is 2. The van der Waals surface area contributed by atoms with Gasteiger partial charge in [0.05, 0.1) is 0 Å². The highest BCUT2D eigenvalue weighted by molar-refractivity contribution is 7.99. The van der Waals surface area contributed by atoms with Gasteiger partial charge in [-0.2, -0.15) is 0 Å². The second-order valence-electron chi connectivity index (χ2n) is 5.32. The molecule has 21 heavy (non-hydrogen) atoms. The topological polar surface area (TPSA) is 46.3 Å². The summed E-state index contributed by atoms with van der Waals surface area (Å²) >= 11 is 1.63. The van der Waals surface area contributed by atoms with Gasteiger partial charge in [0.25, 0.3) is 5.91 Å². The van der Waals surface area contributed by atoms with Gasteiger partial charge in [0, 0.05) is 35.1 Å². The highest BCUT2D eigenvalue weighted by Gasteiger charge is 2.11. The highest BCUT2D eigenvalue weighted by atomic mass is 32.2. The molecule has 3 nitrogen and oxygen atoms in total. The smallest absolute Gasteiger partial charge is 0.253 e. The molecular weight excluding hydrogens is 280 g/mol. The van der Waals surface area contributed by atoms with Crippen molar-refractivity contribution in [1.29, 1.82) is 0 Å². The first kappa shape index (κ1) is 15.4. The lowest BCUT2D eigenvalue weighted by Crippen LogP contribution is -2.21. The molecule has 0 atom stereocenters. The molecule has 0 saturated carbocycles. The molecule has 0 aromatic heterocycles. The molecule has 0 unspecified atom stereocenters. The van der Waals surface area contributed by atoms with Crippen LogP contribution < -0.4 is 5.73 Å². The molecule has 2 aromatic carbocycles. The number of carbonyl (C=O) groups is 1. The highest BCUT2D eigenvalue weighted by Crippen LogP contribution is 2.34. The summed E-state index contributed by atoms with van der Waals surface area (Å²) in [6.45, 7) is 4.17. The molecule has 2 N–H and O–H groups in total. The van der Waals surface area contributed by atoms with E-state index in [9.17, 15) is 4.79 Å². The van der Waals surface area contributed by atoms with Crippen LogP contribution in [0.5, 0.6) is 0 Å². The van der Waals surface area contributed by atoms with E-state index < -0.39 is 0 Å². The van der Waals surface area contributed by atoms with E-state index in [0.717, 1.165) is 4.90 Å². The van der Waals surface area contributed by atoms with Gasteiger partial charge in [-0.3, -0.25) is 4.79 Å². The van der Waals surface area contributed by atoms with Crippen LogP contribution in [0.4, 0.5) is 5.69 Å². The average molecular weight is 300 g/mol. The minimum Gasteiger partial charge on any atom is -0.398 e. The second kappa shape index (κ2) is 6.22. The number of carbonyl (C=O) groups excluding carboxylic acids is 1. The summed E-state index contributed by atoms with van der Waals surface area (Å²) in [6.07, 6.45) is 0.